The first kappa shape index (κ1) is 27.7. The van der Waals surface area contributed by atoms with E-state index in [4.69, 9.17) is 22.3 Å². The second kappa shape index (κ2) is 15.5. The molecule has 0 spiro atoms. The number of carbonyl (C=O) groups is 4. The summed E-state index contributed by atoms with van der Waals surface area (Å²) in [5, 5.41) is 25.7. The summed E-state index contributed by atoms with van der Waals surface area (Å²) >= 11 is 0. The molecule has 0 radical (unpaired) electrons. The van der Waals surface area contributed by atoms with E-state index < -0.39 is 47.9 Å². The number of unbranched alkanes of at least 4 members (excludes halogenated alkanes) is 2. The first-order chi connectivity index (χ1) is 14.1. The summed E-state index contributed by atoms with van der Waals surface area (Å²) in [6.07, 6.45) is 1.87. The zero-order valence-electron chi connectivity index (χ0n) is 17.4. The minimum absolute atomic E-state index is 0.216. The van der Waals surface area contributed by atoms with Gasteiger partial charge in [-0.05, 0) is 52.1 Å². The largest absolute Gasteiger partial charge is 0.480 e. The molecule has 0 aliphatic rings. The number of amides is 3. The zero-order chi connectivity index (χ0) is 23.1. The Balaban J connectivity index is 4.78. The number of nitrogens with two attached hydrogens (primary N) is 3. The van der Waals surface area contributed by atoms with Crippen LogP contribution in [0.5, 0.6) is 0 Å². The number of aliphatic hydroxyl groups excluding tert-OH is 1. The van der Waals surface area contributed by atoms with Crippen LogP contribution in [-0.2, 0) is 19.2 Å². The lowest BCUT2D eigenvalue weighted by Crippen LogP contribution is -2.56. The number of hydrogen-bond donors (Lipinski definition) is 8. The Morgan fingerprint density at radius 3 is 1.97 bits per heavy atom. The summed E-state index contributed by atoms with van der Waals surface area (Å²) in [7, 11) is 0. The van der Waals surface area contributed by atoms with Gasteiger partial charge in [0.05, 0.1) is 18.7 Å². The fraction of sp³-hybridized carbons (Fsp3) is 0.778. The van der Waals surface area contributed by atoms with Crippen LogP contribution in [0.4, 0.5) is 0 Å². The average Bonchev–Trinajstić information content (AvgIpc) is 2.68. The molecule has 11 N–H and O–H groups in total. The summed E-state index contributed by atoms with van der Waals surface area (Å²) in [5.41, 5.74) is 16.6. The lowest BCUT2D eigenvalue weighted by molar-refractivity contribution is -0.145. The van der Waals surface area contributed by atoms with E-state index in [2.05, 4.69) is 16.0 Å². The molecular formula is C18H36N6O6. The third-order valence-electron chi connectivity index (χ3n) is 4.37. The van der Waals surface area contributed by atoms with Gasteiger partial charge in [0, 0.05) is 0 Å². The minimum atomic E-state index is -1.52. The maximum atomic E-state index is 12.4. The summed E-state index contributed by atoms with van der Waals surface area (Å²) in [6, 6.07) is -3.33. The summed E-state index contributed by atoms with van der Waals surface area (Å²) < 4.78 is 0. The van der Waals surface area contributed by atoms with Gasteiger partial charge in [-0.1, -0.05) is 6.42 Å². The summed E-state index contributed by atoms with van der Waals surface area (Å²) in [5.74, 6) is -3.28. The molecule has 12 nitrogen and oxygen atoms in total. The van der Waals surface area contributed by atoms with E-state index in [1.54, 1.807) is 0 Å². The topological polar surface area (TPSA) is 223 Å². The predicted molar refractivity (Wildman–Crippen MR) is 110 cm³/mol. The molecule has 0 rings (SSSR count). The number of carboxylic acid groups (broad SMARTS) is 1. The third-order valence-corrected chi connectivity index (χ3v) is 4.37. The fourth-order valence-electron chi connectivity index (χ4n) is 2.59. The third kappa shape index (κ3) is 11.7. The van der Waals surface area contributed by atoms with Gasteiger partial charge in [0.15, 0.2) is 6.04 Å². The standard InChI is InChI=1S/C18H36N6O6/c1-11(25)15(18(29)30)24-17(28)13(7-3-5-9-20)23-14(26)10-22-16(27)12(21)6-2-4-8-19/h11-13,15,25H,2-10,19-21H2,1H3,(H,22,27)(H,23,26)(H,24,28)(H,29,30). The second-order valence-electron chi connectivity index (χ2n) is 7.08. The Morgan fingerprint density at radius 1 is 0.900 bits per heavy atom. The molecule has 0 saturated heterocycles. The van der Waals surface area contributed by atoms with Gasteiger partial charge in [-0.3, -0.25) is 14.4 Å². The van der Waals surface area contributed by atoms with E-state index in [-0.39, 0.29) is 13.0 Å². The van der Waals surface area contributed by atoms with Crippen LogP contribution >= 0.6 is 0 Å². The number of aliphatic hydroxyl groups is 1. The lowest BCUT2D eigenvalue weighted by Gasteiger charge is -2.23. The smallest absolute Gasteiger partial charge is 0.328 e. The van der Waals surface area contributed by atoms with Crippen LogP contribution in [0.2, 0.25) is 0 Å². The van der Waals surface area contributed by atoms with Crippen molar-refractivity contribution in [1.29, 1.82) is 0 Å². The van der Waals surface area contributed by atoms with Gasteiger partial charge in [0.1, 0.15) is 6.04 Å². The van der Waals surface area contributed by atoms with Crippen LogP contribution in [0.15, 0.2) is 0 Å². The molecule has 0 bridgehead atoms. The van der Waals surface area contributed by atoms with Gasteiger partial charge >= 0.3 is 5.97 Å². The van der Waals surface area contributed by atoms with Gasteiger partial charge in [0.2, 0.25) is 17.7 Å². The average molecular weight is 433 g/mol. The lowest BCUT2D eigenvalue weighted by atomic mass is 10.1. The Kier molecular flexibility index (Phi) is 14.4. The molecule has 174 valence electrons. The van der Waals surface area contributed by atoms with Gasteiger partial charge in [-0.25, -0.2) is 4.79 Å². The fourth-order valence-corrected chi connectivity index (χ4v) is 2.59. The second-order valence-corrected chi connectivity index (χ2v) is 7.08. The molecular weight excluding hydrogens is 396 g/mol. The highest BCUT2D eigenvalue weighted by molar-refractivity contribution is 5.92. The van der Waals surface area contributed by atoms with Crippen molar-refractivity contribution in [3.63, 3.8) is 0 Å². The minimum Gasteiger partial charge on any atom is -0.480 e. The van der Waals surface area contributed by atoms with E-state index in [9.17, 15) is 24.3 Å². The van der Waals surface area contributed by atoms with E-state index in [1.165, 1.54) is 6.92 Å². The summed E-state index contributed by atoms with van der Waals surface area (Å²) in [4.78, 5) is 47.7. The normalized spacial score (nSPS) is 14.8. The maximum Gasteiger partial charge on any atom is 0.328 e. The molecule has 0 aromatic heterocycles. The Bertz CT molecular complexity index is 559. The highest BCUT2D eigenvalue weighted by atomic mass is 16.4. The van der Waals surface area contributed by atoms with E-state index in [0.717, 1.165) is 6.42 Å². The molecule has 4 unspecified atom stereocenters. The Morgan fingerprint density at radius 2 is 1.47 bits per heavy atom. The number of rotatable bonds is 16. The molecule has 0 fully saturated rings. The molecule has 0 saturated carbocycles. The quantitative estimate of drug-likeness (QED) is 0.117. The molecule has 0 aromatic rings. The molecule has 30 heavy (non-hydrogen) atoms. The van der Waals surface area contributed by atoms with E-state index in [1.807, 2.05) is 0 Å². The highest BCUT2D eigenvalue weighted by Crippen LogP contribution is 2.03. The van der Waals surface area contributed by atoms with Crippen molar-refractivity contribution in [1.82, 2.24) is 16.0 Å². The van der Waals surface area contributed by atoms with Crippen LogP contribution in [0.1, 0.15) is 45.4 Å². The zero-order valence-corrected chi connectivity index (χ0v) is 17.4. The predicted octanol–water partition coefficient (Wildman–Crippen LogP) is -2.88. The van der Waals surface area contributed by atoms with Crippen LogP contribution in [0.25, 0.3) is 0 Å². The van der Waals surface area contributed by atoms with Crippen LogP contribution in [0.3, 0.4) is 0 Å². The molecule has 0 aromatic carbocycles. The monoisotopic (exact) mass is 432 g/mol. The van der Waals surface area contributed by atoms with Crippen molar-refractivity contribution < 1.29 is 29.4 Å². The highest BCUT2D eigenvalue weighted by Gasteiger charge is 2.29. The van der Waals surface area contributed by atoms with Gasteiger partial charge < -0.3 is 43.4 Å². The number of carboxylic acids is 1. The van der Waals surface area contributed by atoms with E-state index in [0.29, 0.717) is 38.8 Å². The van der Waals surface area contributed by atoms with E-state index >= 15 is 0 Å². The summed E-state index contributed by atoms with van der Waals surface area (Å²) in [6.45, 7) is 1.74. The van der Waals surface area contributed by atoms with Gasteiger partial charge in [-0.2, -0.15) is 0 Å². The van der Waals surface area contributed by atoms with Crippen LogP contribution in [0, 0.1) is 0 Å². The Labute approximate surface area is 176 Å². The van der Waals surface area contributed by atoms with Gasteiger partial charge in [0.25, 0.3) is 0 Å². The molecule has 0 aliphatic heterocycles. The van der Waals surface area contributed by atoms with Crippen molar-refractivity contribution in [3.8, 4) is 0 Å². The van der Waals surface area contributed by atoms with Gasteiger partial charge in [-0.15, -0.1) is 0 Å². The Hall–Kier alpha value is -2.28. The van der Waals surface area contributed by atoms with Crippen molar-refractivity contribution >= 4 is 23.7 Å². The molecule has 3 amide bonds. The first-order valence-electron chi connectivity index (χ1n) is 10.1. The number of carbonyl (C=O) groups excluding carboxylic acids is 3. The molecule has 4 atom stereocenters. The molecule has 0 aliphatic carbocycles. The number of hydrogen-bond acceptors (Lipinski definition) is 8. The molecule has 12 heteroatoms. The van der Waals surface area contributed by atoms with Crippen LogP contribution in [-0.4, -0.2) is 77.8 Å². The maximum absolute atomic E-state index is 12.4. The number of nitrogens with one attached hydrogen (secondary N) is 3. The van der Waals surface area contributed by atoms with Crippen molar-refractivity contribution in [2.75, 3.05) is 19.6 Å². The van der Waals surface area contributed by atoms with Crippen molar-refractivity contribution in [3.05, 3.63) is 0 Å². The van der Waals surface area contributed by atoms with Crippen molar-refractivity contribution in [2.45, 2.75) is 69.7 Å². The number of aliphatic carboxylic acids is 1. The SMILES string of the molecule is CC(O)C(NC(=O)C(CCCCN)NC(=O)CNC(=O)C(N)CCCCN)C(=O)O. The van der Waals surface area contributed by atoms with Crippen LogP contribution < -0.4 is 33.2 Å². The molecule has 0 heterocycles. The van der Waals surface area contributed by atoms with Crippen molar-refractivity contribution in [2.24, 2.45) is 17.2 Å². The first-order valence-corrected chi connectivity index (χ1v) is 10.1.